The van der Waals surface area contributed by atoms with E-state index in [2.05, 4.69) is 49.1 Å². The molecule has 4 rings (SSSR count). The van der Waals surface area contributed by atoms with Crippen LogP contribution in [0.25, 0.3) is 11.2 Å². The first kappa shape index (κ1) is 14.1. The Labute approximate surface area is 134 Å². The Morgan fingerprint density at radius 3 is 2.65 bits per heavy atom. The lowest BCUT2D eigenvalue weighted by atomic mass is 9.86. The molecule has 0 aliphatic carbocycles. The van der Waals surface area contributed by atoms with Gasteiger partial charge in [-0.3, -0.25) is 0 Å². The minimum atomic E-state index is 0.107. The van der Waals surface area contributed by atoms with E-state index in [0.29, 0.717) is 5.92 Å². The van der Waals surface area contributed by atoms with E-state index in [4.69, 9.17) is 5.73 Å². The molecule has 1 aliphatic heterocycles. The van der Waals surface area contributed by atoms with Crippen LogP contribution in [0.5, 0.6) is 0 Å². The van der Waals surface area contributed by atoms with Gasteiger partial charge >= 0.3 is 0 Å². The molecule has 1 saturated heterocycles. The molecule has 1 aliphatic rings. The van der Waals surface area contributed by atoms with Gasteiger partial charge in [0.25, 0.3) is 0 Å². The number of nitrogens with zero attached hydrogens (tertiary/aromatic N) is 4. The Bertz CT molecular complexity index is 776. The van der Waals surface area contributed by atoms with Crippen LogP contribution in [0.4, 0.5) is 5.82 Å². The van der Waals surface area contributed by atoms with Gasteiger partial charge in [0.1, 0.15) is 11.8 Å². The largest absolute Gasteiger partial charge is 0.355 e. The summed E-state index contributed by atoms with van der Waals surface area (Å²) < 4.78 is 0. The molecule has 6 nitrogen and oxygen atoms in total. The second-order valence-corrected chi connectivity index (χ2v) is 6.06. The van der Waals surface area contributed by atoms with Crippen molar-refractivity contribution in [3.63, 3.8) is 0 Å². The first-order chi connectivity index (χ1) is 11.3. The lowest BCUT2D eigenvalue weighted by Gasteiger charge is -2.35. The fourth-order valence-electron chi connectivity index (χ4n) is 3.41. The van der Waals surface area contributed by atoms with E-state index in [0.717, 1.165) is 42.9 Å². The van der Waals surface area contributed by atoms with Gasteiger partial charge in [0.15, 0.2) is 11.5 Å². The molecular weight excluding hydrogens is 288 g/mol. The summed E-state index contributed by atoms with van der Waals surface area (Å²) in [5.41, 5.74) is 9.33. The van der Waals surface area contributed by atoms with Gasteiger partial charge in [-0.25, -0.2) is 15.0 Å². The number of hydrogen-bond acceptors (Lipinski definition) is 5. The fourth-order valence-corrected chi connectivity index (χ4v) is 3.41. The zero-order valence-corrected chi connectivity index (χ0v) is 12.9. The SMILES string of the molecule is NC(c1ccccc1)C1CCN(c2ncnc3nc[nH]c23)CC1. The van der Waals surface area contributed by atoms with Gasteiger partial charge in [-0.05, 0) is 24.3 Å². The number of aromatic nitrogens is 4. The Kier molecular flexibility index (Phi) is 3.67. The molecule has 0 saturated carbocycles. The molecule has 1 fully saturated rings. The van der Waals surface area contributed by atoms with Crippen molar-refractivity contribution in [1.29, 1.82) is 0 Å². The molecule has 0 radical (unpaired) electrons. The zero-order chi connectivity index (χ0) is 15.6. The Morgan fingerprint density at radius 2 is 1.87 bits per heavy atom. The zero-order valence-electron chi connectivity index (χ0n) is 12.9. The predicted molar refractivity (Wildman–Crippen MR) is 90.0 cm³/mol. The van der Waals surface area contributed by atoms with Gasteiger partial charge in [0, 0.05) is 19.1 Å². The van der Waals surface area contributed by atoms with Gasteiger partial charge in [0.2, 0.25) is 0 Å². The summed E-state index contributed by atoms with van der Waals surface area (Å²) in [7, 11) is 0. The fraction of sp³-hybridized carbons (Fsp3) is 0.353. The average Bonchev–Trinajstić information content (AvgIpc) is 3.11. The molecule has 3 N–H and O–H groups in total. The van der Waals surface area contributed by atoms with Crippen LogP contribution in [0.1, 0.15) is 24.4 Å². The van der Waals surface area contributed by atoms with E-state index in [9.17, 15) is 0 Å². The summed E-state index contributed by atoms with van der Waals surface area (Å²) in [5.74, 6) is 1.45. The Hall–Kier alpha value is -2.47. The summed E-state index contributed by atoms with van der Waals surface area (Å²) >= 11 is 0. The minimum absolute atomic E-state index is 0.107. The molecule has 1 atom stereocenters. The number of rotatable bonds is 3. The first-order valence-electron chi connectivity index (χ1n) is 8.02. The highest BCUT2D eigenvalue weighted by Crippen LogP contribution is 2.31. The van der Waals surface area contributed by atoms with E-state index in [1.807, 2.05) is 6.07 Å². The van der Waals surface area contributed by atoms with Crippen LogP contribution < -0.4 is 10.6 Å². The molecule has 23 heavy (non-hydrogen) atoms. The van der Waals surface area contributed by atoms with E-state index in [1.165, 1.54) is 5.56 Å². The number of fused-ring (bicyclic) bond motifs is 1. The minimum Gasteiger partial charge on any atom is -0.355 e. The number of benzene rings is 1. The monoisotopic (exact) mass is 308 g/mol. The lowest BCUT2D eigenvalue weighted by Crippen LogP contribution is -2.38. The molecule has 1 unspecified atom stereocenters. The Balaban J connectivity index is 1.48. The summed E-state index contributed by atoms with van der Waals surface area (Å²) in [6.45, 7) is 1.91. The lowest BCUT2D eigenvalue weighted by molar-refractivity contribution is 0.344. The maximum absolute atomic E-state index is 6.47. The smallest absolute Gasteiger partial charge is 0.182 e. The number of imidazole rings is 1. The molecule has 1 aromatic carbocycles. The second kappa shape index (κ2) is 5.96. The molecule has 118 valence electrons. The number of nitrogens with one attached hydrogen (secondary N) is 1. The molecule has 3 heterocycles. The average molecular weight is 308 g/mol. The highest BCUT2D eigenvalue weighted by Gasteiger charge is 2.26. The third kappa shape index (κ3) is 2.66. The summed E-state index contributed by atoms with van der Waals surface area (Å²) in [6.07, 6.45) is 5.38. The van der Waals surface area contributed by atoms with Gasteiger partial charge in [-0.15, -0.1) is 0 Å². The van der Waals surface area contributed by atoms with Crippen LogP contribution in [-0.2, 0) is 0 Å². The maximum Gasteiger partial charge on any atom is 0.182 e. The van der Waals surface area contributed by atoms with Crippen LogP contribution in [0.15, 0.2) is 43.0 Å². The first-order valence-corrected chi connectivity index (χ1v) is 8.02. The van der Waals surface area contributed by atoms with Crippen LogP contribution in [0.2, 0.25) is 0 Å². The van der Waals surface area contributed by atoms with Crippen molar-refractivity contribution in [2.75, 3.05) is 18.0 Å². The van der Waals surface area contributed by atoms with E-state index in [1.54, 1.807) is 12.7 Å². The van der Waals surface area contributed by atoms with Crippen molar-refractivity contribution < 1.29 is 0 Å². The summed E-state index contributed by atoms with van der Waals surface area (Å²) in [4.78, 5) is 18.3. The number of anilines is 1. The normalized spacial score (nSPS) is 17.5. The van der Waals surface area contributed by atoms with Gasteiger partial charge in [-0.2, -0.15) is 0 Å². The number of hydrogen-bond donors (Lipinski definition) is 2. The predicted octanol–water partition coefficient (Wildman–Crippen LogP) is 2.27. The van der Waals surface area contributed by atoms with Crippen LogP contribution >= 0.6 is 0 Å². The quantitative estimate of drug-likeness (QED) is 0.775. The van der Waals surface area contributed by atoms with E-state index in [-0.39, 0.29) is 6.04 Å². The van der Waals surface area contributed by atoms with Gasteiger partial charge < -0.3 is 15.6 Å². The van der Waals surface area contributed by atoms with Gasteiger partial charge in [-0.1, -0.05) is 30.3 Å². The topological polar surface area (TPSA) is 83.7 Å². The standard InChI is InChI=1S/C17H20N6/c18-14(12-4-2-1-3-5-12)13-6-8-23(9-7-13)17-15-16(20-10-19-15)21-11-22-17/h1-5,10-11,13-14H,6-9,18H2,(H,19,20,21,22). The van der Waals surface area contributed by atoms with Crippen molar-refractivity contribution in [3.05, 3.63) is 48.5 Å². The van der Waals surface area contributed by atoms with Gasteiger partial charge in [0.05, 0.1) is 6.33 Å². The highest BCUT2D eigenvalue weighted by atomic mass is 15.2. The van der Waals surface area contributed by atoms with E-state index >= 15 is 0 Å². The molecule has 6 heteroatoms. The van der Waals surface area contributed by atoms with Crippen LogP contribution in [0.3, 0.4) is 0 Å². The molecule has 0 spiro atoms. The number of nitrogens with two attached hydrogens (primary N) is 1. The maximum atomic E-state index is 6.47. The third-order valence-corrected chi connectivity index (χ3v) is 4.73. The Morgan fingerprint density at radius 1 is 1.09 bits per heavy atom. The molecule has 2 aromatic heterocycles. The van der Waals surface area contributed by atoms with Crippen molar-refractivity contribution in [2.24, 2.45) is 11.7 Å². The van der Waals surface area contributed by atoms with Crippen LogP contribution in [-0.4, -0.2) is 33.0 Å². The highest BCUT2D eigenvalue weighted by molar-refractivity contribution is 5.82. The number of H-pyrrole nitrogens is 1. The third-order valence-electron chi connectivity index (χ3n) is 4.73. The summed E-state index contributed by atoms with van der Waals surface area (Å²) in [6, 6.07) is 10.5. The molecule has 0 bridgehead atoms. The van der Waals surface area contributed by atoms with Crippen molar-refractivity contribution >= 4 is 17.0 Å². The number of aromatic amines is 1. The summed E-state index contributed by atoms with van der Waals surface area (Å²) in [5, 5.41) is 0. The van der Waals surface area contributed by atoms with Crippen molar-refractivity contribution in [1.82, 2.24) is 19.9 Å². The number of piperidine rings is 1. The second-order valence-electron chi connectivity index (χ2n) is 6.06. The van der Waals surface area contributed by atoms with E-state index < -0.39 is 0 Å². The van der Waals surface area contributed by atoms with Crippen molar-refractivity contribution in [2.45, 2.75) is 18.9 Å². The molecule has 0 amide bonds. The molecular formula is C17H20N6. The van der Waals surface area contributed by atoms with Crippen molar-refractivity contribution in [3.8, 4) is 0 Å². The van der Waals surface area contributed by atoms with Crippen LogP contribution in [0, 0.1) is 5.92 Å². The molecule has 3 aromatic rings.